The number of nitro groups is 1. The molecule has 1 saturated carbocycles. The Bertz CT molecular complexity index is 764. The lowest BCUT2D eigenvalue weighted by molar-refractivity contribution is -0.384. The van der Waals surface area contributed by atoms with Crippen molar-refractivity contribution < 1.29 is 9.72 Å². The molecule has 0 radical (unpaired) electrons. The minimum absolute atomic E-state index is 0.144. The van der Waals surface area contributed by atoms with Gasteiger partial charge in [-0.05, 0) is 25.0 Å². The summed E-state index contributed by atoms with van der Waals surface area (Å²) in [6, 6.07) is 9.15. The highest BCUT2D eigenvalue weighted by Gasteiger charge is 2.26. The van der Waals surface area contributed by atoms with Crippen LogP contribution in [0.15, 0.2) is 36.5 Å². The molecule has 25 heavy (non-hydrogen) atoms. The molecule has 130 valence electrons. The van der Waals surface area contributed by atoms with Gasteiger partial charge in [-0.2, -0.15) is 4.98 Å². The molecule has 0 bridgehead atoms. The Morgan fingerprint density at radius 2 is 2.00 bits per heavy atom. The highest BCUT2D eigenvalue weighted by molar-refractivity contribution is 5.94. The Morgan fingerprint density at radius 3 is 2.68 bits per heavy atom. The van der Waals surface area contributed by atoms with Crippen molar-refractivity contribution in [2.45, 2.75) is 18.9 Å². The zero-order chi connectivity index (χ0) is 17.6. The second-order valence-corrected chi connectivity index (χ2v) is 5.65. The molecule has 0 saturated heterocycles. The second-order valence-electron chi connectivity index (χ2n) is 5.65. The van der Waals surface area contributed by atoms with Crippen molar-refractivity contribution in [2.24, 2.45) is 0 Å². The van der Waals surface area contributed by atoms with Gasteiger partial charge in [0, 0.05) is 24.7 Å². The van der Waals surface area contributed by atoms with Crippen molar-refractivity contribution >= 4 is 23.4 Å². The van der Waals surface area contributed by atoms with Gasteiger partial charge in [0.2, 0.25) is 11.8 Å². The van der Waals surface area contributed by atoms with Gasteiger partial charge in [0.1, 0.15) is 6.20 Å². The highest BCUT2D eigenvalue weighted by Crippen LogP contribution is 2.29. The molecule has 0 spiro atoms. The Morgan fingerprint density at radius 1 is 1.24 bits per heavy atom. The van der Waals surface area contributed by atoms with Gasteiger partial charge >= 0.3 is 5.69 Å². The molecule has 1 aromatic carbocycles. The topological polar surface area (TPSA) is 122 Å². The summed E-state index contributed by atoms with van der Waals surface area (Å²) in [7, 11) is 0. The fourth-order valence-electron chi connectivity index (χ4n) is 2.16. The molecule has 1 aliphatic carbocycles. The molecule has 2 aromatic rings. The van der Waals surface area contributed by atoms with Crippen LogP contribution < -0.4 is 16.0 Å². The first-order valence-electron chi connectivity index (χ1n) is 7.98. The van der Waals surface area contributed by atoms with E-state index in [1.165, 1.54) is 6.20 Å². The van der Waals surface area contributed by atoms with E-state index in [2.05, 4.69) is 25.9 Å². The van der Waals surface area contributed by atoms with Gasteiger partial charge < -0.3 is 16.0 Å². The summed E-state index contributed by atoms with van der Waals surface area (Å²) in [5, 5.41) is 19.8. The van der Waals surface area contributed by atoms with Crippen LogP contribution in [0, 0.1) is 10.1 Å². The molecule has 0 unspecified atom stereocenters. The fourth-order valence-corrected chi connectivity index (χ4v) is 2.16. The predicted octanol–water partition coefficient (Wildman–Crippen LogP) is 1.80. The average Bonchev–Trinajstić information content (AvgIpc) is 3.43. The number of amides is 1. The molecule has 1 amide bonds. The van der Waals surface area contributed by atoms with Crippen molar-refractivity contribution in [1.29, 1.82) is 0 Å². The largest absolute Gasteiger partial charge is 0.361 e. The summed E-state index contributed by atoms with van der Waals surface area (Å²) in [4.78, 5) is 30.5. The van der Waals surface area contributed by atoms with Crippen molar-refractivity contribution in [3.8, 4) is 0 Å². The monoisotopic (exact) mass is 342 g/mol. The van der Waals surface area contributed by atoms with E-state index in [-0.39, 0.29) is 29.4 Å². The number of carbonyl (C=O) groups is 1. The first-order valence-corrected chi connectivity index (χ1v) is 7.98. The second kappa shape index (κ2) is 7.56. The maximum atomic E-state index is 11.9. The lowest BCUT2D eigenvalue weighted by atomic mass is 10.2. The minimum Gasteiger partial charge on any atom is -0.361 e. The molecule has 3 N–H and O–H groups in total. The van der Waals surface area contributed by atoms with Gasteiger partial charge in [0.05, 0.1) is 4.92 Å². The minimum atomic E-state index is -0.505. The molecule has 1 aliphatic rings. The quantitative estimate of drug-likeness (QED) is 0.380. The summed E-state index contributed by atoms with van der Waals surface area (Å²) in [5.41, 5.74) is 0.444. The summed E-state index contributed by atoms with van der Waals surface area (Å²) in [5.74, 6) is 0.337. The molecule has 9 heteroatoms. The average molecular weight is 342 g/mol. The Labute approximate surface area is 144 Å². The van der Waals surface area contributed by atoms with Gasteiger partial charge in [0.25, 0.3) is 5.91 Å². The maximum Gasteiger partial charge on any atom is 0.329 e. The van der Waals surface area contributed by atoms with Crippen molar-refractivity contribution in [2.75, 3.05) is 23.7 Å². The van der Waals surface area contributed by atoms with E-state index in [1.54, 1.807) is 24.3 Å². The number of hydrogen-bond acceptors (Lipinski definition) is 7. The highest BCUT2D eigenvalue weighted by atomic mass is 16.6. The zero-order valence-corrected chi connectivity index (χ0v) is 13.4. The van der Waals surface area contributed by atoms with Crippen LogP contribution in [0.1, 0.15) is 23.2 Å². The number of carbonyl (C=O) groups excluding carboxylic acids is 1. The van der Waals surface area contributed by atoms with Crippen LogP contribution in [0.5, 0.6) is 0 Å². The number of nitrogens with zero attached hydrogens (tertiary/aromatic N) is 3. The lowest BCUT2D eigenvalue weighted by Gasteiger charge is -2.09. The number of hydrogen-bond donors (Lipinski definition) is 3. The van der Waals surface area contributed by atoms with Crippen LogP contribution in [-0.4, -0.2) is 39.9 Å². The van der Waals surface area contributed by atoms with Crippen LogP contribution >= 0.6 is 0 Å². The summed E-state index contributed by atoms with van der Waals surface area (Å²) >= 11 is 0. The van der Waals surface area contributed by atoms with Crippen LogP contribution in [0.3, 0.4) is 0 Å². The van der Waals surface area contributed by atoms with E-state index in [4.69, 9.17) is 0 Å². The third kappa shape index (κ3) is 4.63. The van der Waals surface area contributed by atoms with Gasteiger partial charge in [-0.3, -0.25) is 14.9 Å². The van der Waals surface area contributed by atoms with E-state index < -0.39 is 4.92 Å². The number of rotatable bonds is 8. The summed E-state index contributed by atoms with van der Waals surface area (Å²) < 4.78 is 0. The number of nitrogens with one attached hydrogen (secondary N) is 3. The van der Waals surface area contributed by atoms with Crippen LogP contribution in [0.4, 0.5) is 17.5 Å². The smallest absolute Gasteiger partial charge is 0.329 e. The molecule has 3 rings (SSSR count). The summed E-state index contributed by atoms with van der Waals surface area (Å²) in [6.45, 7) is 0.777. The Balaban J connectivity index is 1.52. The van der Waals surface area contributed by atoms with Gasteiger partial charge in [-0.15, -0.1) is 0 Å². The third-order valence-corrected chi connectivity index (χ3v) is 3.61. The predicted molar refractivity (Wildman–Crippen MR) is 92.6 cm³/mol. The van der Waals surface area contributed by atoms with Crippen molar-refractivity contribution in [1.82, 2.24) is 15.3 Å². The van der Waals surface area contributed by atoms with E-state index in [0.29, 0.717) is 18.7 Å². The summed E-state index contributed by atoms with van der Waals surface area (Å²) in [6.07, 6.45) is 3.15. The Hall–Kier alpha value is -3.23. The van der Waals surface area contributed by atoms with Crippen molar-refractivity contribution in [3.63, 3.8) is 0 Å². The zero-order valence-electron chi connectivity index (χ0n) is 13.4. The van der Waals surface area contributed by atoms with E-state index in [9.17, 15) is 14.9 Å². The third-order valence-electron chi connectivity index (χ3n) is 3.61. The Kier molecular flexibility index (Phi) is 5.03. The number of anilines is 2. The SMILES string of the molecule is O=C(NCCNc1ncc([N+](=O)[O-])c(NC2CC2)n1)c1ccccc1. The fraction of sp³-hybridized carbons (Fsp3) is 0.312. The first-order chi connectivity index (χ1) is 12.1. The van der Waals surface area contributed by atoms with Crippen LogP contribution in [0.25, 0.3) is 0 Å². The molecular formula is C16H18N6O3. The number of aromatic nitrogens is 2. The van der Waals surface area contributed by atoms with Crippen LogP contribution in [-0.2, 0) is 0 Å². The van der Waals surface area contributed by atoms with Gasteiger partial charge in [0.15, 0.2) is 0 Å². The molecule has 9 nitrogen and oxygen atoms in total. The van der Waals surface area contributed by atoms with Crippen molar-refractivity contribution in [3.05, 3.63) is 52.2 Å². The molecule has 0 aliphatic heterocycles. The molecular weight excluding hydrogens is 324 g/mol. The molecule has 0 atom stereocenters. The van der Waals surface area contributed by atoms with Gasteiger partial charge in [-0.1, -0.05) is 18.2 Å². The van der Waals surface area contributed by atoms with E-state index in [0.717, 1.165) is 12.8 Å². The molecule has 1 aromatic heterocycles. The standard InChI is InChI=1S/C16H18N6O3/c23-15(11-4-2-1-3-5-11)17-8-9-18-16-19-10-13(22(24)25)14(21-16)20-12-6-7-12/h1-5,10,12H,6-9H2,(H,17,23)(H2,18,19,20,21). The first kappa shape index (κ1) is 16.6. The molecule has 1 heterocycles. The normalized spacial score (nSPS) is 13.1. The van der Waals surface area contributed by atoms with E-state index >= 15 is 0 Å². The number of benzene rings is 1. The van der Waals surface area contributed by atoms with Crippen LogP contribution in [0.2, 0.25) is 0 Å². The van der Waals surface area contributed by atoms with Gasteiger partial charge in [-0.25, -0.2) is 4.98 Å². The van der Waals surface area contributed by atoms with E-state index in [1.807, 2.05) is 6.07 Å². The molecule has 1 fully saturated rings. The maximum absolute atomic E-state index is 11.9. The lowest BCUT2D eigenvalue weighted by Crippen LogP contribution is -2.29.